The third kappa shape index (κ3) is 3.85. The Bertz CT molecular complexity index is 1270. The number of hydrogen-bond acceptors (Lipinski definition) is 9. The van der Waals surface area contributed by atoms with Crippen molar-refractivity contribution in [2.45, 2.75) is 28.7 Å². The number of nitrogens with two attached hydrogens (primary N) is 1. The summed E-state index contributed by atoms with van der Waals surface area (Å²) in [6, 6.07) is 5.81. The molecule has 0 radical (unpaired) electrons. The molecule has 4 N–H and O–H groups in total. The first kappa shape index (κ1) is 20.9. The summed E-state index contributed by atoms with van der Waals surface area (Å²) in [5.74, 6) is 0.440. The summed E-state index contributed by atoms with van der Waals surface area (Å²) in [6.07, 6.45) is 9.97. The molecule has 10 heteroatoms. The van der Waals surface area contributed by atoms with Crippen molar-refractivity contribution < 1.29 is 9.32 Å². The summed E-state index contributed by atoms with van der Waals surface area (Å²) in [7, 11) is -1.12. The van der Waals surface area contributed by atoms with Gasteiger partial charge in [0.15, 0.2) is 0 Å². The van der Waals surface area contributed by atoms with Crippen LogP contribution in [0.5, 0.6) is 0 Å². The number of aliphatic hydroxyl groups excluding tert-OH is 1. The number of nitrogens with zero attached hydrogens (tertiary/aromatic N) is 4. The van der Waals surface area contributed by atoms with Gasteiger partial charge in [-0.1, -0.05) is 12.5 Å². The van der Waals surface area contributed by atoms with Crippen LogP contribution in [0.3, 0.4) is 0 Å². The SMILES string of the molecule is Nc1c([S@](=O)C2CCC2)sc2nc(-c3cnc(NCCO)nc3)cc(-c3cccnc3)c12. The summed E-state index contributed by atoms with van der Waals surface area (Å²) in [4.78, 5) is 18.5. The first-order chi connectivity index (χ1) is 15.7. The molecule has 1 aliphatic rings. The maximum atomic E-state index is 13.1. The zero-order valence-corrected chi connectivity index (χ0v) is 18.8. The fourth-order valence-corrected chi connectivity index (χ4v) is 6.81. The predicted molar refractivity (Wildman–Crippen MR) is 128 cm³/mol. The van der Waals surface area contributed by atoms with Crippen molar-refractivity contribution in [1.82, 2.24) is 19.9 Å². The van der Waals surface area contributed by atoms with Crippen LogP contribution in [0.2, 0.25) is 0 Å². The van der Waals surface area contributed by atoms with Gasteiger partial charge < -0.3 is 16.2 Å². The average molecular weight is 467 g/mol. The van der Waals surface area contributed by atoms with E-state index in [0.29, 0.717) is 28.1 Å². The first-order valence-electron chi connectivity index (χ1n) is 10.4. The third-order valence-corrected chi connectivity index (χ3v) is 8.82. The van der Waals surface area contributed by atoms with E-state index in [0.717, 1.165) is 46.2 Å². The Morgan fingerprint density at radius 3 is 2.69 bits per heavy atom. The van der Waals surface area contributed by atoms with Crippen LogP contribution in [0, 0.1) is 0 Å². The lowest BCUT2D eigenvalue weighted by atomic mass is 10.00. The zero-order chi connectivity index (χ0) is 22.1. The van der Waals surface area contributed by atoms with Gasteiger partial charge in [0.25, 0.3) is 0 Å². The van der Waals surface area contributed by atoms with Gasteiger partial charge in [-0.2, -0.15) is 0 Å². The Morgan fingerprint density at radius 2 is 2.03 bits per heavy atom. The van der Waals surface area contributed by atoms with E-state index in [2.05, 4.69) is 20.3 Å². The van der Waals surface area contributed by atoms with Gasteiger partial charge in [-0.3, -0.25) is 9.19 Å². The molecule has 32 heavy (non-hydrogen) atoms. The van der Waals surface area contributed by atoms with E-state index >= 15 is 0 Å². The number of fused-ring (bicyclic) bond motifs is 1. The van der Waals surface area contributed by atoms with E-state index in [-0.39, 0.29) is 11.9 Å². The molecule has 1 saturated carbocycles. The van der Waals surface area contributed by atoms with Gasteiger partial charge in [-0.15, -0.1) is 11.3 Å². The van der Waals surface area contributed by atoms with Crippen LogP contribution in [-0.4, -0.2) is 47.7 Å². The summed E-state index contributed by atoms with van der Waals surface area (Å²) < 4.78 is 13.8. The normalized spacial score (nSPS) is 14.9. The Labute approximate surface area is 191 Å². The van der Waals surface area contributed by atoms with Crippen LogP contribution in [0.25, 0.3) is 32.6 Å². The van der Waals surface area contributed by atoms with E-state index in [1.54, 1.807) is 24.8 Å². The number of nitrogens with one attached hydrogen (secondary N) is 1. The van der Waals surface area contributed by atoms with Crippen LogP contribution in [0.1, 0.15) is 19.3 Å². The quantitative estimate of drug-likeness (QED) is 0.378. The molecule has 4 aromatic rings. The highest BCUT2D eigenvalue weighted by molar-refractivity contribution is 7.88. The van der Waals surface area contributed by atoms with E-state index in [4.69, 9.17) is 15.8 Å². The molecule has 164 valence electrons. The zero-order valence-electron chi connectivity index (χ0n) is 17.2. The van der Waals surface area contributed by atoms with Crippen molar-refractivity contribution in [1.29, 1.82) is 0 Å². The number of hydrogen-bond donors (Lipinski definition) is 3. The highest BCUT2D eigenvalue weighted by Gasteiger charge is 2.29. The lowest BCUT2D eigenvalue weighted by molar-refractivity contribution is 0.311. The summed E-state index contributed by atoms with van der Waals surface area (Å²) >= 11 is 1.40. The second-order valence-electron chi connectivity index (χ2n) is 7.58. The molecule has 8 nitrogen and oxygen atoms in total. The van der Waals surface area contributed by atoms with Gasteiger partial charge in [0.2, 0.25) is 5.95 Å². The molecule has 4 heterocycles. The maximum absolute atomic E-state index is 13.1. The van der Waals surface area contributed by atoms with Crippen LogP contribution < -0.4 is 11.1 Å². The third-order valence-electron chi connectivity index (χ3n) is 5.52. The van der Waals surface area contributed by atoms with Gasteiger partial charge in [0.05, 0.1) is 28.8 Å². The number of aromatic nitrogens is 4. The van der Waals surface area contributed by atoms with E-state index in [1.165, 1.54) is 11.3 Å². The fraction of sp³-hybridized carbons (Fsp3) is 0.273. The molecule has 0 aromatic carbocycles. The van der Waals surface area contributed by atoms with Gasteiger partial charge in [0, 0.05) is 53.1 Å². The average Bonchev–Trinajstić information content (AvgIpc) is 3.13. The lowest BCUT2D eigenvalue weighted by Gasteiger charge is -2.23. The first-order valence-corrected chi connectivity index (χ1v) is 12.4. The molecule has 1 atom stereocenters. The number of pyridine rings is 2. The second kappa shape index (κ2) is 8.89. The molecule has 0 unspecified atom stereocenters. The Balaban J connectivity index is 1.64. The number of thiophene rings is 1. The Hall–Kier alpha value is -2.95. The van der Waals surface area contributed by atoms with Gasteiger partial charge in [0.1, 0.15) is 9.04 Å². The predicted octanol–water partition coefficient (Wildman–Crippen LogP) is 3.46. The summed E-state index contributed by atoms with van der Waals surface area (Å²) in [6.45, 7) is 0.381. The van der Waals surface area contributed by atoms with Crippen LogP contribution >= 0.6 is 11.3 Å². The van der Waals surface area contributed by atoms with Gasteiger partial charge in [-0.05, 0) is 30.5 Å². The largest absolute Gasteiger partial charge is 0.396 e. The molecular weight excluding hydrogens is 444 g/mol. The summed E-state index contributed by atoms with van der Waals surface area (Å²) in [5.41, 5.74) is 10.4. The van der Waals surface area contributed by atoms with Crippen molar-refractivity contribution in [3.05, 3.63) is 43.0 Å². The van der Waals surface area contributed by atoms with Crippen molar-refractivity contribution in [3.8, 4) is 22.4 Å². The number of nitrogen functional groups attached to an aromatic ring is 1. The van der Waals surface area contributed by atoms with Crippen LogP contribution in [0.4, 0.5) is 11.6 Å². The minimum Gasteiger partial charge on any atom is -0.396 e. The van der Waals surface area contributed by atoms with Crippen LogP contribution in [-0.2, 0) is 10.8 Å². The molecule has 1 aliphatic carbocycles. The molecule has 0 saturated heterocycles. The van der Waals surface area contributed by atoms with Crippen LogP contribution in [0.15, 0.2) is 47.2 Å². The minimum absolute atomic E-state index is 0.00215. The molecule has 1 fully saturated rings. The van der Waals surface area contributed by atoms with Crippen molar-refractivity contribution >= 4 is 44.0 Å². The Kier molecular flexibility index (Phi) is 5.81. The maximum Gasteiger partial charge on any atom is 0.222 e. The standard InChI is InChI=1S/C22H22N6O2S2/c23-19-18-16(13-3-2-6-24-10-13)9-17(14-11-26-22(27-12-14)25-7-8-29)28-20(18)31-21(19)32(30)15-4-1-5-15/h2-3,6,9-12,15,29H,1,4-5,7-8,23H2,(H,25,26,27)/t32-/m1/s1. The number of aliphatic hydroxyl groups is 1. The van der Waals surface area contributed by atoms with Crippen molar-refractivity contribution in [3.63, 3.8) is 0 Å². The van der Waals surface area contributed by atoms with Gasteiger partial charge >= 0.3 is 0 Å². The fourth-order valence-electron chi connectivity index (χ4n) is 3.60. The molecular formula is C22H22N6O2S2. The van der Waals surface area contributed by atoms with E-state index in [1.807, 2.05) is 18.2 Å². The Morgan fingerprint density at radius 1 is 1.22 bits per heavy atom. The minimum atomic E-state index is -1.12. The molecule has 5 rings (SSSR count). The molecule has 0 amide bonds. The monoisotopic (exact) mass is 466 g/mol. The van der Waals surface area contributed by atoms with Crippen molar-refractivity contribution in [2.75, 3.05) is 24.2 Å². The topological polar surface area (TPSA) is 127 Å². The van der Waals surface area contributed by atoms with E-state index < -0.39 is 10.8 Å². The molecule has 0 bridgehead atoms. The lowest BCUT2D eigenvalue weighted by Crippen LogP contribution is -2.23. The van der Waals surface area contributed by atoms with Gasteiger partial charge in [-0.25, -0.2) is 15.0 Å². The molecule has 4 aromatic heterocycles. The van der Waals surface area contributed by atoms with E-state index in [9.17, 15) is 4.21 Å². The number of rotatable bonds is 7. The van der Waals surface area contributed by atoms with Crippen molar-refractivity contribution in [2.24, 2.45) is 0 Å². The molecule has 0 spiro atoms. The highest BCUT2D eigenvalue weighted by atomic mass is 32.2. The highest BCUT2D eigenvalue weighted by Crippen LogP contribution is 2.44. The number of anilines is 2. The molecule has 0 aliphatic heterocycles. The smallest absolute Gasteiger partial charge is 0.222 e. The second-order valence-corrected chi connectivity index (χ2v) is 10.5. The summed E-state index contributed by atoms with van der Waals surface area (Å²) in [5, 5.41) is 12.9.